The van der Waals surface area contributed by atoms with E-state index in [9.17, 15) is 9.59 Å². The van der Waals surface area contributed by atoms with Gasteiger partial charge in [-0.15, -0.1) is 11.8 Å². The molecule has 2 atom stereocenters. The summed E-state index contributed by atoms with van der Waals surface area (Å²) in [7, 11) is 0. The molecule has 3 aromatic rings. The summed E-state index contributed by atoms with van der Waals surface area (Å²) in [5.74, 6) is 2.10. The molecule has 0 radical (unpaired) electrons. The zero-order chi connectivity index (χ0) is 20.0. The molecule has 0 aliphatic carbocycles. The van der Waals surface area contributed by atoms with Crippen LogP contribution in [0, 0.1) is 12.8 Å². The highest BCUT2D eigenvalue weighted by Gasteiger charge is 2.39. The van der Waals surface area contributed by atoms with Crippen molar-refractivity contribution in [1.82, 2.24) is 4.57 Å². The highest BCUT2D eigenvalue weighted by molar-refractivity contribution is 7.99. The normalized spacial score (nSPS) is 19.5. The van der Waals surface area contributed by atoms with Gasteiger partial charge in [-0.2, -0.15) is 0 Å². The van der Waals surface area contributed by atoms with Gasteiger partial charge in [0.1, 0.15) is 12.3 Å². The van der Waals surface area contributed by atoms with E-state index in [1.54, 1.807) is 16.3 Å². The highest BCUT2D eigenvalue weighted by atomic mass is 32.2. The van der Waals surface area contributed by atoms with Crippen LogP contribution >= 0.6 is 23.1 Å². The van der Waals surface area contributed by atoms with E-state index < -0.39 is 0 Å². The largest absolute Gasteiger partial charge is 0.493 e. The van der Waals surface area contributed by atoms with Gasteiger partial charge < -0.3 is 10.1 Å². The Hall–Kier alpha value is -2.51. The Balaban J connectivity index is 1.46. The standard InChI is InChI=1S/C22H20N2O3S2/c1-13-6-2-4-8-16(13)23-18(25)10-24-21-20(29-22(24)26)19-14(12-28-21)11-27-17-9-5-3-7-15(17)19/h2-9,14,19H,10-12H2,1H3,(H,23,25)/t14-,19+/m0/s1. The van der Waals surface area contributed by atoms with Crippen LogP contribution in [-0.4, -0.2) is 22.8 Å². The molecule has 0 bridgehead atoms. The van der Waals surface area contributed by atoms with Gasteiger partial charge >= 0.3 is 4.87 Å². The first-order valence-corrected chi connectivity index (χ1v) is 11.4. The van der Waals surface area contributed by atoms with Crippen LogP contribution in [0.4, 0.5) is 5.69 Å². The van der Waals surface area contributed by atoms with E-state index in [1.807, 2.05) is 49.4 Å². The van der Waals surface area contributed by atoms with Crippen molar-refractivity contribution in [1.29, 1.82) is 0 Å². The Labute approximate surface area is 176 Å². The van der Waals surface area contributed by atoms with E-state index in [1.165, 1.54) is 11.3 Å². The van der Waals surface area contributed by atoms with Crippen LogP contribution in [0.15, 0.2) is 58.4 Å². The molecular weight excluding hydrogens is 404 g/mol. The minimum Gasteiger partial charge on any atom is -0.493 e. The summed E-state index contributed by atoms with van der Waals surface area (Å²) in [6.45, 7) is 2.64. The highest BCUT2D eigenvalue weighted by Crippen LogP contribution is 2.50. The van der Waals surface area contributed by atoms with E-state index in [0.29, 0.717) is 12.5 Å². The lowest BCUT2D eigenvalue weighted by atomic mass is 9.84. The number of rotatable bonds is 3. The molecule has 2 aliphatic rings. The van der Waals surface area contributed by atoms with Crippen LogP contribution in [0.25, 0.3) is 0 Å². The number of carbonyl (C=O) groups is 1. The van der Waals surface area contributed by atoms with Gasteiger partial charge in [-0.1, -0.05) is 47.7 Å². The molecule has 0 spiro atoms. The summed E-state index contributed by atoms with van der Waals surface area (Å²) in [6.07, 6.45) is 0. The van der Waals surface area contributed by atoms with E-state index in [-0.39, 0.29) is 23.2 Å². The number of benzene rings is 2. The second-order valence-electron chi connectivity index (χ2n) is 7.38. The summed E-state index contributed by atoms with van der Waals surface area (Å²) < 4.78 is 7.56. The number of aromatic nitrogens is 1. The third kappa shape index (κ3) is 3.28. The van der Waals surface area contributed by atoms with Crippen molar-refractivity contribution in [3.05, 3.63) is 74.2 Å². The predicted molar refractivity (Wildman–Crippen MR) is 116 cm³/mol. The van der Waals surface area contributed by atoms with E-state index >= 15 is 0 Å². The molecule has 1 amide bonds. The number of carbonyl (C=O) groups excluding carboxylic acids is 1. The Morgan fingerprint density at radius 1 is 1.21 bits per heavy atom. The third-order valence-electron chi connectivity index (χ3n) is 5.49. The van der Waals surface area contributed by atoms with Crippen molar-refractivity contribution in [3.8, 4) is 5.75 Å². The molecule has 0 fully saturated rings. The number of hydrogen-bond donors (Lipinski definition) is 1. The Kier molecular flexibility index (Phi) is 4.72. The molecule has 0 unspecified atom stereocenters. The number of nitrogens with zero attached hydrogens (tertiary/aromatic N) is 1. The van der Waals surface area contributed by atoms with Gasteiger partial charge in [0.25, 0.3) is 0 Å². The van der Waals surface area contributed by atoms with Crippen LogP contribution in [0.3, 0.4) is 0 Å². The van der Waals surface area contributed by atoms with Crippen molar-refractivity contribution in [2.24, 2.45) is 5.92 Å². The monoisotopic (exact) mass is 424 g/mol. The predicted octanol–water partition coefficient (Wildman–Crippen LogP) is 4.10. The molecule has 29 heavy (non-hydrogen) atoms. The van der Waals surface area contributed by atoms with Crippen LogP contribution in [0.2, 0.25) is 0 Å². The van der Waals surface area contributed by atoms with Gasteiger partial charge in [0, 0.05) is 33.7 Å². The maximum atomic E-state index is 12.8. The lowest BCUT2D eigenvalue weighted by molar-refractivity contribution is -0.116. The molecule has 1 aromatic heterocycles. The van der Waals surface area contributed by atoms with Crippen molar-refractivity contribution in [2.45, 2.75) is 24.4 Å². The molecule has 5 rings (SSSR count). The number of anilines is 1. The van der Waals surface area contributed by atoms with Crippen LogP contribution in [0.5, 0.6) is 5.75 Å². The molecule has 1 N–H and O–H groups in total. The summed E-state index contributed by atoms with van der Waals surface area (Å²) >= 11 is 2.93. The number of fused-ring (bicyclic) bond motifs is 5. The number of para-hydroxylation sites is 2. The number of amides is 1. The fourth-order valence-corrected chi connectivity index (χ4v) is 6.73. The van der Waals surface area contributed by atoms with E-state index in [4.69, 9.17) is 4.74 Å². The first-order valence-electron chi connectivity index (χ1n) is 9.55. The Bertz CT molecular complexity index is 1150. The van der Waals surface area contributed by atoms with Crippen molar-refractivity contribution >= 4 is 34.7 Å². The number of hydrogen-bond acceptors (Lipinski definition) is 5. The first-order chi connectivity index (χ1) is 14.1. The molecular formula is C22H20N2O3S2. The third-order valence-corrected chi connectivity index (χ3v) is 7.99. The Morgan fingerprint density at radius 3 is 2.86 bits per heavy atom. The molecule has 3 heterocycles. The van der Waals surface area contributed by atoms with Gasteiger partial charge in [0.05, 0.1) is 11.6 Å². The minimum absolute atomic E-state index is 0.0293. The van der Waals surface area contributed by atoms with Crippen molar-refractivity contribution in [3.63, 3.8) is 0 Å². The van der Waals surface area contributed by atoms with E-state index in [0.717, 1.165) is 38.2 Å². The van der Waals surface area contributed by atoms with Gasteiger partial charge in [-0.25, -0.2) is 0 Å². The molecule has 0 saturated heterocycles. The summed E-state index contributed by atoms with van der Waals surface area (Å²) in [5.41, 5.74) is 2.92. The average molecular weight is 425 g/mol. The first kappa shape index (κ1) is 18.5. The lowest BCUT2D eigenvalue weighted by Gasteiger charge is -2.36. The fraction of sp³-hybridized carbons (Fsp3) is 0.273. The van der Waals surface area contributed by atoms with Gasteiger partial charge in [-0.3, -0.25) is 14.2 Å². The van der Waals surface area contributed by atoms with Gasteiger partial charge in [0.2, 0.25) is 5.91 Å². The van der Waals surface area contributed by atoms with Gasteiger partial charge in [-0.05, 0) is 24.6 Å². The quantitative estimate of drug-likeness (QED) is 0.688. The maximum Gasteiger partial charge on any atom is 0.308 e. The summed E-state index contributed by atoms with van der Waals surface area (Å²) in [5, 5.41) is 3.86. The topological polar surface area (TPSA) is 60.3 Å². The lowest BCUT2D eigenvalue weighted by Crippen LogP contribution is -2.31. The van der Waals surface area contributed by atoms with Crippen LogP contribution in [0.1, 0.15) is 21.9 Å². The maximum absolute atomic E-state index is 12.8. The SMILES string of the molecule is Cc1ccccc1NC(=O)Cn1c2c(sc1=O)[C@H]1c3ccccc3OC[C@H]1CS2. The number of thioether (sulfide) groups is 1. The van der Waals surface area contributed by atoms with Gasteiger partial charge in [0.15, 0.2) is 0 Å². The molecule has 5 nitrogen and oxygen atoms in total. The molecule has 148 valence electrons. The van der Waals surface area contributed by atoms with Crippen LogP contribution < -0.4 is 14.9 Å². The number of nitrogens with one attached hydrogen (secondary N) is 1. The number of ether oxygens (including phenoxy) is 1. The van der Waals surface area contributed by atoms with Crippen LogP contribution in [-0.2, 0) is 11.3 Å². The zero-order valence-electron chi connectivity index (χ0n) is 15.9. The van der Waals surface area contributed by atoms with Crippen molar-refractivity contribution < 1.29 is 9.53 Å². The summed E-state index contributed by atoms with van der Waals surface area (Å²) in [4.78, 5) is 26.4. The zero-order valence-corrected chi connectivity index (χ0v) is 17.5. The van der Waals surface area contributed by atoms with E-state index in [2.05, 4.69) is 11.4 Å². The number of thiazole rings is 1. The molecule has 2 aliphatic heterocycles. The second-order valence-corrected chi connectivity index (χ2v) is 9.39. The molecule has 2 aromatic carbocycles. The fourth-order valence-electron chi connectivity index (χ4n) is 4.04. The molecule has 0 saturated carbocycles. The number of aryl methyl sites for hydroxylation is 1. The minimum atomic E-state index is -0.183. The summed E-state index contributed by atoms with van der Waals surface area (Å²) in [6, 6.07) is 15.7. The average Bonchev–Trinajstić information content (AvgIpc) is 3.04. The smallest absolute Gasteiger partial charge is 0.308 e. The molecule has 7 heteroatoms. The Morgan fingerprint density at radius 2 is 2.00 bits per heavy atom. The second kappa shape index (κ2) is 7.39. The van der Waals surface area contributed by atoms with Crippen molar-refractivity contribution in [2.75, 3.05) is 17.7 Å².